The Bertz CT molecular complexity index is 1230. The minimum atomic E-state index is -2.28. The van der Waals surface area contributed by atoms with Crippen molar-refractivity contribution in [3.8, 4) is 11.5 Å². The third kappa shape index (κ3) is 9.42. The van der Waals surface area contributed by atoms with E-state index in [0.717, 1.165) is 73.3 Å². The molecule has 1 fully saturated rings. The topological polar surface area (TPSA) is 97.0 Å². The monoisotopic (exact) mass is 627 g/mol. The molecule has 0 aromatic heterocycles. The van der Waals surface area contributed by atoms with Crippen molar-refractivity contribution < 1.29 is 18.3 Å². The molecule has 40 heavy (non-hydrogen) atoms. The summed E-state index contributed by atoms with van der Waals surface area (Å²) in [5.74, 6) is 1.44. The average Bonchev–Trinajstić information content (AvgIpc) is 2.96. The van der Waals surface area contributed by atoms with Crippen LogP contribution in [0.1, 0.15) is 43.7 Å². The Hall–Kier alpha value is -2.76. The van der Waals surface area contributed by atoms with E-state index in [9.17, 15) is 13.6 Å². The Balaban J connectivity index is 1.26. The fourth-order valence-electron chi connectivity index (χ4n) is 4.77. The lowest BCUT2D eigenvalue weighted by Gasteiger charge is -2.38. The van der Waals surface area contributed by atoms with Gasteiger partial charge in [0, 0.05) is 60.2 Å². The Morgan fingerprint density at radius 3 is 2.17 bits per heavy atom. The lowest BCUT2D eigenvalue weighted by Crippen LogP contribution is -2.49. The number of halogens is 1. The van der Waals surface area contributed by atoms with E-state index in [4.69, 9.17) is 4.74 Å². The summed E-state index contributed by atoms with van der Waals surface area (Å²) in [6, 6.07) is 23.3. The van der Waals surface area contributed by atoms with Crippen molar-refractivity contribution in [2.75, 3.05) is 25.0 Å². The van der Waals surface area contributed by atoms with E-state index in [-0.39, 0.29) is 18.6 Å². The van der Waals surface area contributed by atoms with Gasteiger partial charge >= 0.3 is 6.03 Å². The number of likely N-dealkylation sites (tertiary alicyclic amines) is 1. The summed E-state index contributed by atoms with van der Waals surface area (Å²) in [6.07, 6.45) is 3.95. The van der Waals surface area contributed by atoms with Crippen LogP contribution in [-0.2, 0) is 24.4 Å². The van der Waals surface area contributed by atoms with Gasteiger partial charge in [-0.05, 0) is 78.9 Å². The first-order valence-electron chi connectivity index (χ1n) is 13.6. The first-order chi connectivity index (χ1) is 19.4. The number of amides is 2. The largest absolute Gasteiger partial charge is 0.760 e. The molecule has 3 aromatic carbocycles. The maximum Gasteiger partial charge on any atom is 0.322 e. The van der Waals surface area contributed by atoms with Gasteiger partial charge in [0.2, 0.25) is 0 Å². The van der Waals surface area contributed by atoms with Crippen molar-refractivity contribution in [3.63, 3.8) is 0 Å². The van der Waals surface area contributed by atoms with Gasteiger partial charge in [-0.2, -0.15) is 0 Å². The summed E-state index contributed by atoms with van der Waals surface area (Å²) in [7, 11) is 0. The summed E-state index contributed by atoms with van der Waals surface area (Å²) in [5, 5.41) is 3.08. The minimum absolute atomic E-state index is 0.0185. The summed E-state index contributed by atoms with van der Waals surface area (Å²) in [5.41, 5.74) is 2.88. The van der Waals surface area contributed by atoms with Gasteiger partial charge in [-0.1, -0.05) is 53.5 Å². The quantitative estimate of drug-likeness (QED) is 0.226. The molecule has 1 saturated heterocycles. The summed E-state index contributed by atoms with van der Waals surface area (Å²) >= 11 is 1.16. The van der Waals surface area contributed by atoms with Crippen LogP contribution in [0.3, 0.4) is 0 Å². The van der Waals surface area contributed by atoms with Crippen molar-refractivity contribution in [2.45, 2.75) is 51.7 Å². The number of rotatable bonds is 12. The number of carbonyl (C=O) groups excluding carboxylic acids is 1. The Kier molecular flexibility index (Phi) is 11.6. The molecule has 0 aliphatic carbocycles. The van der Waals surface area contributed by atoms with Gasteiger partial charge < -0.3 is 19.5 Å². The Labute approximate surface area is 247 Å². The molecule has 4 rings (SSSR count). The van der Waals surface area contributed by atoms with E-state index in [1.807, 2.05) is 65.6 Å². The normalized spacial score (nSPS) is 15.0. The second-order valence-corrected chi connectivity index (χ2v) is 11.6. The van der Waals surface area contributed by atoms with Crippen molar-refractivity contribution >= 4 is 38.9 Å². The molecule has 0 bridgehead atoms. The van der Waals surface area contributed by atoms with Crippen LogP contribution < -0.4 is 14.8 Å². The molecule has 8 nitrogen and oxygen atoms in total. The molecular weight excluding hydrogens is 592 g/mol. The van der Waals surface area contributed by atoms with Gasteiger partial charge in [0.1, 0.15) is 11.5 Å². The van der Waals surface area contributed by atoms with Crippen LogP contribution in [0.2, 0.25) is 0 Å². The van der Waals surface area contributed by atoms with Crippen LogP contribution >= 0.6 is 15.9 Å². The molecule has 0 spiro atoms. The van der Waals surface area contributed by atoms with Gasteiger partial charge in [0.25, 0.3) is 0 Å². The molecule has 0 saturated carbocycles. The molecule has 3 aromatic rings. The number of piperidine rings is 1. The molecule has 10 heteroatoms. The van der Waals surface area contributed by atoms with Crippen LogP contribution in [-0.4, -0.2) is 50.3 Å². The van der Waals surface area contributed by atoms with Crippen LogP contribution in [0.5, 0.6) is 11.5 Å². The van der Waals surface area contributed by atoms with E-state index in [1.165, 1.54) is 5.56 Å². The molecule has 1 heterocycles. The lowest BCUT2D eigenvalue weighted by atomic mass is 10.0. The van der Waals surface area contributed by atoms with Crippen LogP contribution in [0.4, 0.5) is 10.5 Å². The van der Waals surface area contributed by atoms with Gasteiger partial charge in [0.15, 0.2) is 0 Å². The molecule has 0 radical (unpaired) electrons. The summed E-state index contributed by atoms with van der Waals surface area (Å²) in [4.78, 5) is 17.6. The number of urea groups is 1. The maximum absolute atomic E-state index is 13.2. The first kappa shape index (κ1) is 30.2. The standard InChI is InChI=1S/C30H37BrN4O4S/c1-2-3-18-35(30(36)33-26-10-8-25(31)9-11-26)27-16-19-34(20-17-27)22-24-6-14-29(15-7-24)39-28-12-4-23(5-13-28)21-32-40(37)38/h4-15,27,32H,2-3,16-22H2,1H3,(H,33,36)(H,37,38)/p-1. The summed E-state index contributed by atoms with van der Waals surface area (Å²) < 4.78 is 30.6. The number of hydrogen-bond acceptors (Lipinski definition) is 5. The van der Waals surface area contributed by atoms with E-state index in [2.05, 4.69) is 49.9 Å². The van der Waals surface area contributed by atoms with Crippen molar-refractivity contribution in [1.29, 1.82) is 0 Å². The molecule has 214 valence electrons. The highest BCUT2D eigenvalue weighted by Gasteiger charge is 2.27. The van der Waals surface area contributed by atoms with Crippen molar-refractivity contribution in [2.24, 2.45) is 0 Å². The molecule has 1 atom stereocenters. The van der Waals surface area contributed by atoms with Crippen LogP contribution in [0, 0.1) is 0 Å². The van der Waals surface area contributed by atoms with Gasteiger partial charge in [-0.25, -0.2) is 9.52 Å². The SMILES string of the molecule is CCCCN(C(=O)Nc1ccc(Br)cc1)C1CCN(Cc2ccc(Oc3ccc(CNS(=O)[O-])cc3)cc2)CC1. The van der Waals surface area contributed by atoms with Crippen LogP contribution in [0.25, 0.3) is 0 Å². The lowest BCUT2D eigenvalue weighted by molar-refractivity contribution is 0.122. The fraction of sp³-hybridized carbons (Fsp3) is 0.367. The van der Waals surface area contributed by atoms with Crippen molar-refractivity contribution in [1.82, 2.24) is 14.5 Å². The predicted octanol–water partition coefficient (Wildman–Crippen LogP) is 6.42. The third-order valence-electron chi connectivity index (χ3n) is 6.99. The second kappa shape index (κ2) is 15.3. The number of anilines is 1. The highest BCUT2D eigenvalue weighted by atomic mass is 79.9. The third-order valence-corrected chi connectivity index (χ3v) is 7.90. The predicted molar refractivity (Wildman–Crippen MR) is 162 cm³/mol. The molecule has 2 N–H and O–H groups in total. The smallest absolute Gasteiger partial charge is 0.322 e. The Morgan fingerprint density at radius 2 is 1.60 bits per heavy atom. The van der Waals surface area contributed by atoms with E-state index in [0.29, 0.717) is 5.75 Å². The maximum atomic E-state index is 13.2. The summed E-state index contributed by atoms with van der Waals surface area (Å²) in [6.45, 7) is 5.91. The number of nitrogens with one attached hydrogen (secondary N) is 2. The molecule has 2 amide bonds. The zero-order valence-corrected chi connectivity index (χ0v) is 25.1. The zero-order chi connectivity index (χ0) is 28.3. The molecule has 1 aliphatic rings. The molecule has 1 aliphatic heterocycles. The fourth-order valence-corrected chi connectivity index (χ4v) is 5.32. The Morgan fingerprint density at radius 1 is 1.00 bits per heavy atom. The number of ether oxygens (including phenoxy) is 1. The van der Waals surface area contributed by atoms with E-state index < -0.39 is 11.3 Å². The minimum Gasteiger partial charge on any atom is -0.760 e. The van der Waals surface area contributed by atoms with E-state index >= 15 is 0 Å². The van der Waals surface area contributed by atoms with Crippen LogP contribution in [0.15, 0.2) is 77.3 Å². The highest BCUT2D eigenvalue weighted by molar-refractivity contribution is 9.10. The zero-order valence-electron chi connectivity index (χ0n) is 22.7. The number of nitrogens with zero attached hydrogens (tertiary/aromatic N) is 2. The number of unbranched alkanes of at least 4 members (excludes halogenated alkanes) is 1. The van der Waals surface area contributed by atoms with Gasteiger partial charge in [0.05, 0.1) is 0 Å². The first-order valence-corrected chi connectivity index (χ1v) is 15.5. The number of hydrogen-bond donors (Lipinski definition) is 2. The van der Waals surface area contributed by atoms with Gasteiger partial charge in [-0.3, -0.25) is 9.11 Å². The van der Waals surface area contributed by atoms with Crippen molar-refractivity contribution in [3.05, 3.63) is 88.4 Å². The molecule has 1 unspecified atom stereocenters. The van der Waals surface area contributed by atoms with Gasteiger partial charge in [-0.15, -0.1) is 0 Å². The average molecular weight is 629 g/mol. The second-order valence-electron chi connectivity index (χ2n) is 9.94. The van der Waals surface area contributed by atoms with E-state index in [1.54, 1.807) is 0 Å². The molecular formula is C30H36BrN4O4S-. The highest BCUT2D eigenvalue weighted by Crippen LogP contribution is 2.24. The number of benzene rings is 3. The number of carbonyl (C=O) groups is 1.